The summed E-state index contributed by atoms with van der Waals surface area (Å²) < 4.78 is 5.30. The topological polar surface area (TPSA) is 47.0 Å². The van der Waals surface area contributed by atoms with Crippen LogP contribution in [0.3, 0.4) is 0 Å². The molecule has 1 aromatic rings. The molecule has 1 aliphatic heterocycles. The van der Waals surface area contributed by atoms with Crippen LogP contribution in [0, 0.1) is 0 Å². The zero-order valence-electron chi connectivity index (χ0n) is 12.1. The highest BCUT2D eigenvalue weighted by molar-refractivity contribution is 5.34. The first kappa shape index (κ1) is 14.0. The van der Waals surface area contributed by atoms with Crippen molar-refractivity contribution in [1.82, 2.24) is 9.97 Å². The highest BCUT2D eigenvalue weighted by Crippen LogP contribution is 2.19. The van der Waals surface area contributed by atoms with E-state index >= 15 is 0 Å². The molecule has 0 aliphatic carbocycles. The Morgan fingerprint density at radius 2 is 2.21 bits per heavy atom. The summed E-state index contributed by atoms with van der Waals surface area (Å²) in [6.45, 7) is 8.90. The monoisotopic (exact) mass is 261 g/mol. The summed E-state index contributed by atoms with van der Waals surface area (Å²) in [6, 6.07) is 1.92. The summed E-state index contributed by atoms with van der Waals surface area (Å²) in [7, 11) is 0. The van der Waals surface area contributed by atoms with E-state index in [1.807, 2.05) is 12.3 Å². The first-order chi connectivity index (χ1) is 9.05. The van der Waals surface area contributed by atoms with E-state index in [0.29, 0.717) is 0 Å². The molecule has 0 bridgehead atoms. The fourth-order valence-electron chi connectivity index (χ4n) is 1.96. The maximum atomic E-state index is 5.30. The molecule has 19 heavy (non-hydrogen) atoms. The van der Waals surface area contributed by atoms with Crippen LogP contribution in [-0.2, 0) is 10.2 Å². The lowest BCUT2D eigenvalue weighted by atomic mass is 9.96. The van der Waals surface area contributed by atoms with Gasteiger partial charge in [0.1, 0.15) is 11.6 Å². The van der Waals surface area contributed by atoms with Gasteiger partial charge in [-0.3, -0.25) is 0 Å². The molecule has 1 aliphatic rings. The van der Waals surface area contributed by atoms with Crippen molar-refractivity contribution in [1.29, 1.82) is 0 Å². The minimum Gasteiger partial charge on any atom is -0.377 e. The van der Waals surface area contributed by atoms with Gasteiger partial charge in [0.2, 0.25) is 0 Å². The number of nitrogens with one attached hydrogen (secondary N) is 1. The molecule has 0 amide bonds. The number of hydrogen-bond acceptors (Lipinski definition) is 4. The number of nitrogens with zero attached hydrogens (tertiary/aromatic N) is 2. The van der Waals surface area contributed by atoms with E-state index in [1.165, 1.54) is 5.57 Å². The van der Waals surface area contributed by atoms with Gasteiger partial charge in [-0.05, 0) is 18.9 Å². The van der Waals surface area contributed by atoms with Gasteiger partial charge in [-0.25, -0.2) is 9.97 Å². The van der Waals surface area contributed by atoms with Crippen LogP contribution in [-0.4, -0.2) is 29.7 Å². The second kappa shape index (κ2) is 6.15. The van der Waals surface area contributed by atoms with Gasteiger partial charge in [0.25, 0.3) is 0 Å². The van der Waals surface area contributed by atoms with E-state index in [9.17, 15) is 0 Å². The predicted octanol–water partition coefficient (Wildman–Crippen LogP) is 2.92. The predicted molar refractivity (Wildman–Crippen MR) is 77.4 cm³/mol. The van der Waals surface area contributed by atoms with E-state index in [-0.39, 0.29) is 5.41 Å². The summed E-state index contributed by atoms with van der Waals surface area (Å²) in [5.74, 6) is 1.79. The minimum absolute atomic E-state index is 0.0130. The number of anilines is 1. The third kappa shape index (κ3) is 4.31. The molecular weight excluding hydrogens is 238 g/mol. The highest BCUT2D eigenvalue weighted by atomic mass is 16.5. The van der Waals surface area contributed by atoms with Crippen LogP contribution in [0.1, 0.15) is 39.4 Å². The Bertz CT molecular complexity index is 449. The maximum Gasteiger partial charge on any atom is 0.135 e. The van der Waals surface area contributed by atoms with Crippen molar-refractivity contribution in [3.8, 4) is 0 Å². The van der Waals surface area contributed by atoms with Gasteiger partial charge >= 0.3 is 0 Å². The second-order valence-corrected chi connectivity index (χ2v) is 5.88. The lowest BCUT2D eigenvalue weighted by Gasteiger charge is -2.17. The maximum absolute atomic E-state index is 5.30. The Balaban J connectivity index is 1.87. The minimum atomic E-state index is -0.0130. The van der Waals surface area contributed by atoms with E-state index in [0.717, 1.165) is 44.2 Å². The summed E-state index contributed by atoms with van der Waals surface area (Å²) in [4.78, 5) is 8.89. The molecule has 0 atom stereocenters. The van der Waals surface area contributed by atoms with Crippen molar-refractivity contribution < 1.29 is 4.74 Å². The molecule has 1 aromatic heterocycles. The largest absolute Gasteiger partial charge is 0.377 e. The molecule has 0 saturated heterocycles. The molecule has 4 heteroatoms. The van der Waals surface area contributed by atoms with E-state index < -0.39 is 0 Å². The lowest BCUT2D eigenvalue weighted by molar-refractivity contribution is 0.153. The summed E-state index contributed by atoms with van der Waals surface area (Å²) in [5.41, 5.74) is 1.46. The van der Waals surface area contributed by atoms with Gasteiger partial charge in [0.15, 0.2) is 0 Å². The Kier molecular flexibility index (Phi) is 4.53. The fourth-order valence-corrected chi connectivity index (χ4v) is 1.96. The van der Waals surface area contributed by atoms with Gasteiger partial charge in [-0.1, -0.05) is 32.4 Å². The van der Waals surface area contributed by atoms with Crippen LogP contribution in [0.2, 0.25) is 0 Å². The fraction of sp³-hybridized carbons (Fsp3) is 0.600. The van der Waals surface area contributed by atoms with Crippen molar-refractivity contribution in [2.24, 2.45) is 0 Å². The Labute approximate surface area is 115 Å². The van der Waals surface area contributed by atoms with Gasteiger partial charge in [0, 0.05) is 18.2 Å². The summed E-state index contributed by atoms with van der Waals surface area (Å²) in [5, 5.41) is 3.37. The van der Waals surface area contributed by atoms with E-state index in [4.69, 9.17) is 4.74 Å². The Hall–Kier alpha value is -1.42. The first-order valence-corrected chi connectivity index (χ1v) is 6.89. The number of hydrogen-bond donors (Lipinski definition) is 1. The lowest BCUT2D eigenvalue weighted by Crippen LogP contribution is -2.17. The van der Waals surface area contributed by atoms with E-state index in [1.54, 1.807) is 0 Å². The molecule has 0 fully saturated rings. The normalized spacial score (nSPS) is 16.1. The zero-order chi connectivity index (χ0) is 13.7. The molecule has 0 saturated carbocycles. The quantitative estimate of drug-likeness (QED) is 0.847. The third-order valence-electron chi connectivity index (χ3n) is 3.14. The Morgan fingerprint density at radius 1 is 1.37 bits per heavy atom. The molecule has 0 aromatic carbocycles. The standard InChI is InChI=1S/C15H23N3O/c1-15(2,3)14-17-9-5-13(18-14)16-8-4-12-6-10-19-11-7-12/h5-6,9H,4,7-8,10-11H2,1-3H3,(H,16,17,18). The average molecular weight is 261 g/mol. The molecule has 2 rings (SSSR count). The van der Waals surface area contributed by atoms with E-state index in [2.05, 4.69) is 42.1 Å². The van der Waals surface area contributed by atoms with Gasteiger partial charge in [-0.15, -0.1) is 0 Å². The first-order valence-electron chi connectivity index (χ1n) is 6.89. The number of ether oxygens (including phenoxy) is 1. The van der Waals surface area contributed by atoms with Crippen LogP contribution in [0.5, 0.6) is 0 Å². The molecule has 0 unspecified atom stereocenters. The van der Waals surface area contributed by atoms with Crippen LogP contribution in [0.15, 0.2) is 23.9 Å². The van der Waals surface area contributed by atoms with Crippen molar-refractivity contribution in [3.05, 3.63) is 29.7 Å². The van der Waals surface area contributed by atoms with Gasteiger partial charge in [-0.2, -0.15) is 0 Å². The van der Waals surface area contributed by atoms with Crippen molar-refractivity contribution in [2.45, 2.75) is 39.0 Å². The van der Waals surface area contributed by atoms with Crippen LogP contribution < -0.4 is 5.32 Å². The molecular formula is C15H23N3O. The Morgan fingerprint density at radius 3 is 2.89 bits per heavy atom. The summed E-state index contributed by atoms with van der Waals surface area (Å²) in [6.07, 6.45) is 6.12. The third-order valence-corrected chi connectivity index (χ3v) is 3.14. The molecule has 2 heterocycles. The van der Waals surface area contributed by atoms with Gasteiger partial charge < -0.3 is 10.1 Å². The molecule has 0 radical (unpaired) electrons. The van der Waals surface area contributed by atoms with Crippen molar-refractivity contribution in [3.63, 3.8) is 0 Å². The molecule has 0 spiro atoms. The number of rotatable bonds is 4. The molecule has 1 N–H and O–H groups in total. The number of aromatic nitrogens is 2. The molecule has 4 nitrogen and oxygen atoms in total. The highest BCUT2D eigenvalue weighted by Gasteiger charge is 2.17. The smallest absolute Gasteiger partial charge is 0.135 e. The van der Waals surface area contributed by atoms with Crippen LogP contribution >= 0.6 is 0 Å². The van der Waals surface area contributed by atoms with Crippen molar-refractivity contribution >= 4 is 5.82 Å². The zero-order valence-corrected chi connectivity index (χ0v) is 12.1. The van der Waals surface area contributed by atoms with Crippen LogP contribution in [0.4, 0.5) is 5.82 Å². The average Bonchev–Trinajstić information content (AvgIpc) is 2.39. The molecule has 104 valence electrons. The SMILES string of the molecule is CC(C)(C)c1nccc(NCCC2=CCOCC2)n1. The van der Waals surface area contributed by atoms with Gasteiger partial charge in [0.05, 0.1) is 13.2 Å². The second-order valence-electron chi connectivity index (χ2n) is 5.88. The van der Waals surface area contributed by atoms with Crippen molar-refractivity contribution in [2.75, 3.05) is 25.1 Å². The van der Waals surface area contributed by atoms with Crippen LogP contribution in [0.25, 0.3) is 0 Å². The summed E-state index contributed by atoms with van der Waals surface area (Å²) >= 11 is 0.